The van der Waals surface area contributed by atoms with Gasteiger partial charge in [0.25, 0.3) is 5.89 Å². The average Bonchev–Trinajstić information content (AvgIpc) is 3.28. The zero-order valence-electron chi connectivity index (χ0n) is 13.3. The Hall–Kier alpha value is -3.22. The highest BCUT2D eigenvalue weighted by atomic mass is 16.5. The lowest BCUT2D eigenvalue weighted by Crippen LogP contribution is -1.96. The number of aromatic nitrogens is 5. The first-order valence-corrected chi connectivity index (χ1v) is 7.60. The Morgan fingerprint density at radius 2 is 2.04 bits per heavy atom. The summed E-state index contributed by atoms with van der Waals surface area (Å²) in [5.41, 5.74) is 3.46. The molecule has 0 unspecified atom stereocenters. The minimum absolute atomic E-state index is 0.450. The van der Waals surface area contributed by atoms with Crippen molar-refractivity contribution in [3.05, 3.63) is 42.5 Å². The number of hydrogen-bond acceptors (Lipinski definition) is 6. The summed E-state index contributed by atoms with van der Waals surface area (Å²) >= 11 is 0. The molecule has 2 aromatic carbocycles. The van der Waals surface area contributed by atoms with E-state index in [0.29, 0.717) is 11.7 Å². The molecule has 7 nitrogen and oxygen atoms in total. The molecule has 2 heterocycles. The third kappa shape index (κ3) is 2.40. The van der Waals surface area contributed by atoms with E-state index in [4.69, 9.17) is 9.26 Å². The van der Waals surface area contributed by atoms with Crippen molar-refractivity contribution < 1.29 is 9.26 Å². The van der Waals surface area contributed by atoms with Gasteiger partial charge in [-0.3, -0.25) is 0 Å². The SMILES string of the molecule is CCn1nnc2ccc(-c3noc(-c4cccc(OC)c4)n3)cc21. The monoisotopic (exact) mass is 321 g/mol. The number of hydrogen-bond donors (Lipinski definition) is 0. The molecule has 24 heavy (non-hydrogen) atoms. The molecule has 0 radical (unpaired) electrons. The molecule has 0 aliphatic carbocycles. The highest BCUT2D eigenvalue weighted by Gasteiger charge is 2.13. The molecular weight excluding hydrogens is 306 g/mol. The lowest BCUT2D eigenvalue weighted by atomic mass is 10.2. The van der Waals surface area contributed by atoms with Gasteiger partial charge in [0.1, 0.15) is 11.3 Å². The number of methoxy groups -OCH3 is 1. The number of rotatable bonds is 4. The fourth-order valence-electron chi connectivity index (χ4n) is 2.55. The molecule has 4 rings (SSSR count). The summed E-state index contributed by atoms with van der Waals surface area (Å²) in [4.78, 5) is 4.49. The summed E-state index contributed by atoms with van der Waals surface area (Å²) in [7, 11) is 1.62. The van der Waals surface area contributed by atoms with Gasteiger partial charge in [-0.25, -0.2) is 4.68 Å². The number of benzene rings is 2. The van der Waals surface area contributed by atoms with E-state index >= 15 is 0 Å². The van der Waals surface area contributed by atoms with Crippen molar-refractivity contribution in [2.45, 2.75) is 13.5 Å². The standard InChI is InChI=1S/C17H15N5O2/c1-3-22-15-10-11(7-8-14(15)19-21-22)16-18-17(24-20-16)12-5-4-6-13(9-12)23-2/h4-10H,3H2,1-2H3. The van der Waals surface area contributed by atoms with Crippen molar-refractivity contribution in [2.75, 3.05) is 7.11 Å². The second kappa shape index (κ2) is 5.77. The number of ether oxygens (including phenoxy) is 1. The van der Waals surface area contributed by atoms with Crippen molar-refractivity contribution in [2.24, 2.45) is 0 Å². The molecule has 4 aromatic rings. The van der Waals surface area contributed by atoms with Crippen molar-refractivity contribution in [1.29, 1.82) is 0 Å². The van der Waals surface area contributed by atoms with Crippen LogP contribution in [0, 0.1) is 0 Å². The van der Waals surface area contributed by atoms with Crippen molar-refractivity contribution in [3.63, 3.8) is 0 Å². The van der Waals surface area contributed by atoms with Gasteiger partial charge in [0.2, 0.25) is 5.82 Å². The van der Waals surface area contributed by atoms with Crippen LogP contribution in [0.4, 0.5) is 0 Å². The van der Waals surface area contributed by atoms with Crippen LogP contribution in [0.3, 0.4) is 0 Å². The molecule has 0 amide bonds. The quantitative estimate of drug-likeness (QED) is 0.574. The van der Waals surface area contributed by atoms with Crippen LogP contribution in [0.5, 0.6) is 5.75 Å². The van der Waals surface area contributed by atoms with E-state index in [-0.39, 0.29) is 0 Å². The first-order chi connectivity index (χ1) is 11.8. The molecule has 120 valence electrons. The van der Waals surface area contributed by atoms with Crippen molar-refractivity contribution in [1.82, 2.24) is 25.1 Å². The Bertz CT molecular complexity index is 1010. The van der Waals surface area contributed by atoms with Gasteiger partial charge >= 0.3 is 0 Å². The van der Waals surface area contributed by atoms with Crippen LogP contribution >= 0.6 is 0 Å². The fourth-order valence-corrected chi connectivity index (χ4v) is 2.55. The van der Waals surface area contributed by atoms with Crippen LogP contribution in [-0.2, 0) is 6.54 Å². The summed E-state index contributed by atoms with van der Waals surface area (Å²) in [6.45, 7) is 2.78. The summed E-state index contributed by atoms with van der Waals surface area (Å²) < 4.78 is 12.5. The Labute approximate surface area is 137 Å². The molecule has 0 N–H and O–H groups in total. The van der Waals surface area contributed by atoms with E-state index in [0.717, 1.165) is 34.5 Å². The van der Waals surface area contributed by atoms with E-state index in [1.165, 1.54) is 0 Å². The molecular formula is C17H15N5O2. The van der Waals surface area contributed by atoms with Crippen LogP contribution in [0.1, 0.15) is 6.92 Å². The smallest absolute Gasteiger partial charge is 0.258 e. The zero-order chi connectivity index (χ0) is 16.5. The van der Waals surface area contributed by atoms with E-state index in [9.17, 15) is 0 Å². The number of fused-ring (bicyclic) bond motifs is 1. The minimum Gasteiger partial charge on any atom is -0.497 e. The molecule has 7 heteroatoms. The van der Waals surface area contributed by atoms with Crippen LogP contribution < -0.4 is 4.74 Å². The summed E-state index contributed by atoms with van der Waals surface area (Å²) in [6, 6.07) is 13.3. The van der Waals surface area contributed by atoms with Gasteiger partial charge in [-0.05, 0) is 43.3 Å². The molecule has 0 spiro atoms. The molecule has 0 aliphatic rings. The topological polar surface area (TPSA) is 78.9 Å². The summed E-state index contributed by atoms with van der Waals surface area (Å²) in [6.07, 6.45) is 0. The van der Waals surface area contributed by atoms with E-state index in [1.54, 1.807) is 7.11 Å². The third-order valence-electron chi connectivity index (χ3n) is 3.81. The summed E-state index contributed by atoms with van der Waals surface area (Å²) in [5, 5.41) is 12.3. The molecule has 0 saturated heterocycles. The highest BCUT2D eigenvalue weighted by Crippen LogP contribution is 2.26. The van der Waals surface area contributed by atoms with Crippen LogP contribution in [0.15, 0.2) is 47.0 Å². The van der Waals surface area contributed by atoms with Crippen molar-refractivity contribution in [3.8, 4) is 28.6 Å². The largest absolute Gasteiger partial charge is 0.497 e. The fraction of sp³-hybridized carbons (Fsp3) is 0.176. The third-order valence-corrected chi connectivity index (χ3v) is 3.81. The Morgan fingerprint density at radius 3 is 2.88 bits per heavy atom. The molecule has 0 saturated carbocycles. The zero-order valence-corrected chi connectivity index (χ0v) is 13.3. The molecule has 0 aliphatic heterocycles. The summed E-state index contributed by atoms with van der Waals surface area (Å²) in [5.74, 6) is 1.72. The maximum atomic E-state index is 5.40. The van der Waals surface area contributed by atoms with E-state index < -0.39 is 0 Å². The van der Waals surface area contributed by atoms with Gasteiger partial charge < -0.3 is 9.26 Å². The molecule has 2 aromatic heterocycles. The molecule has 0 bridgehead atoms. The highest BCUT2D eigenvalue weighted by molar-refractivity contribution is 5.80. The van der Waals surface area contributed by atoms with Gasteiger partial charge in [-0.1, -0.05) is 16.4 Å². The second-order valence-electron chi connectivity index (χ2n) is 5.26. The maximum Gasteiger partial charge on any atom is 0.258 e. The Morgan fingerprint density at radius 1 is 1.12 bits per heavy atom. The van der Waals surface area contributed by atoms with Gasteiger partial charge in [-0.2, -0.15) is 4.98 Å². The lowest BCUT2D eigenvalue weighted by Gasteiger charge is -2.00. The van der Waals surface area contributed by atoms with Gasteiger partial charge in [0.05, 0.1) is 12.6 Å². The predicted molar refractivity (Wildman–Crippen MR) is 88.5 cm³/mol. The maximum absolute atomic E-state index is 5.40. The van der Waals surface area contributed by atoms with Gasteiger partial charge in [0.15, 0.2) is 0 Å². The molecule has 0 fully saturated rings. The lowest BCUT2D eigenvalue weighted by molar-refractivity contribution is 0.413. The van der Waals surface area contributed by atoms with Gasteiger partial charge in [-0.15, -0.1) is 5.10 Å². The van der Waals surface area contributed by atoms with Crippen LogP contribution in [-0.4, -0.2) is 32.2 Å². The minimum atomic E-state index is 0.450. The Kier molecular flexibility index (Phi) is 3.45. The van der Waals surface area contributed by atoms with Gasteiger partial charge in [0, 0.05) is 17.7 Å². The Balaban J connectivity index is 1.74. The first-order valence-electron chi connectivity index (χ1n) is 7.60. The van der Waals surface area contributed by atoms with Crippen LogP contribution in [0.25, 0.3) is 33.9 Å². The average molecular weight is 321 g/mol. The number of nitrogens with zero attached hydrogens (tertiary/aromatic N) is 5. The normalized spacial score (nSPS) is 11.1. The van der Waals surface area contributed by atoms with E-state index in [1.807, 2.05) is 54.1 Å². The van der Waals surface area contributed by atoms with Crippen molar-refractivity contribution >= 4 is 11.0 Å². The number of aryl methyl sites for hydroxylation is 1. The first kappa shape index (κ1) is 14.4. The van der Waals surface area contributed by atoms with E-state index in [2.05, 4.69) is 20.5 Å². The second-order valence-corrected chi connectivity index (χ2v) is 5.26. The van der Waals surface area contributed by atoms with Crippen LogP contribution in [0.2, 0.25) is 0 Å². The molecule has 0 atom stereocenters. The predicted octanol–water partition coefficient (Wildman–Crippen LogP) is 3.18.